The molecule has 2 aliphatic rings. The third-order valence-electron chi connectivity index (χ3n) is 5.98. The van der Waals surface area contributed by atoms with E-state index in [1.807, 2.05) is 0 Å². The summed E-state index contributed by atoms with van der Waals surface area (Å²) in [5.41, 5.74) is 5.67. The molecule has 28 heavy (non-hydrogen) atoms. The van der Waals surface area contributed by atoms with Crippen LogP contribution in [0.2, 0.25) is 0 Å². The van der Waals surface area contributed by atoms with Gasteiger partial charge in [-0.3, -0.25) is 0 Å². The number of imidazole rings is 1. The fraction of sp³-hybridized carbons (Fsp3) is 0.348. The Morgan fingerprint density at radius 1 is 1.18 bits per heavy atom. The highest BCUT2D eigenvalue weighted by Gasteiger charge is 2.33. The first-order valence-electron chi connectivity index (χ1n) is 9.85. The van der Waals surface area contributed by atoms with Crippen molar-refractivity contribution in [1.82, 2.24) is 4.57 Å². The van der Waals surface area contributed by atoms with E-state index >= 15 is 0 Å². The number of nitrogens with zero attached hydrogens (tertiary/aromatic N) is 2. The number of benzene rings is 2. The molecule has 1 aliphatic carbocycles. The Morgan fingerprint density at radius 3 is 2.86 bits per heavy atom. The number of halogens is 2. The van der Waals surface area contributed by atoms with E-state index in [1.54, 1.807) is 0 Å². The van der Waals surface area contributed by atoms with Crippen molar-refractivity contribution in [3.63, 3.8) is 0 Å². The zero-order valence-electron chi connectivity index (χ0n) is 16.0. The van der Waals surface area contributed by atoms with Crippen LogP contribution in [0.4, 0.5) is 0 Å². The van der Waals surface area contributed by atoms with Crippen molar-refractivity contribution >= 4 is 15.9 Å². The largest absolute Gasteiger partial charge is 1.00 e. The standard InChI is InChI=1S/C23H24BrN2O.BrH/c1-2-23-25(15-18-5-3-4-6-20(18)24)10-11-26(23)21-8-7-16-13-17-9-12-27-22(17)14-19(16)21;/h3-6,10-11,13-14,21H,2,7-9,12,15H2,1H3;1H/q+1;/p-1. The van der Waals surface area contributed by atoms with Gasteiger partial charge in [0, 0.05) is 28.4 Å². The van der Waals surface area contributed by atoms with Crippen molar-refractivity contribution in [3.05, 3.63) is 81.3 Å². The number of rotatable bonds is 4. The molecular formula is C23H24Br2N2O. The first-order valence-corrected chi connectivity index (χ1v) is 10.6. The van der Waals surface area contributed by atoms with Gasteiger partial charge in [-0.25, -0.2) is 9.13 Å². The number of aryl methyl sites for hydroxylation is 1. The number of fused-ring (bicyclic) bond motifs is 2. The Balaban J connectivity index is 0.00000192. The van der Waals surface area contributed by atoms with Gasteiger partial charge in [0.25, 0.3) is 5.82 Å². The predicted octanol–water partition coefficient (Wildman–Crippen LogP) is 1.62. The zero-order chi connectivity index (χ0) is 18.4. The minimum atomic E-state index is 0. The van der Waals surface area contributed by atoms with Crippen LogP contribution in [-0.4, -0.2) is 11.2 Å². The van der Waals surface area contributed by atoms with Crippen molar-refractivity contribution in [1.29, 1.82) is 0 Å². The van der Waals surface area contributed by atoms with Gasteiger partial charge in [-0.15, -0.1) is 0 Å². The molecule has 1 aromatic heterocycles. The molecule has 0 bridgehead atoms. The van der Waals surface area contributed by atoms with E-state index in [0.29, 0.717) is 6.04 Å². The summed E-state index contributed by atoms with van der Waals surface area (Å²) in [7, 11) is 0. The van der Waals surface area contributed by atoms with Crippen LogP contribution in [0.5, 0.6) is 5.75 Å². The van der Waals surface area contributed by atoms with Crippen LogP contribution in [0, 0.1) is 0 Å². The minimum Gasteiger partial charge on any atom is -1.00 e. The lowest BCUT2D eigenvalue weighted by Crippen LogP contribution is -3.00. The molecule has 1 atom stereocenters. The quantitative estimate of drug-likeness (QED) is 0.495. The molecule has 3 nitrogen and oxygen atoms in total. The zero-order valence-corrected chi connectivity index (χ0v) is 19.2. The third kappa shape index (κ3) is 3.33. The minimum absolute atomic E-state index is 0. The van der Waals surface area contributed by atoms with Crippen LogP contribution in [0.3, 0.4) is 0 Å². The highest BCUT2D eigenvalue weighted by atomic mass is 79.9. The lowest BCUT2D eigenvalue weighted by molar-refractivity contribution is -0.695. The normalized spacial score (nSPS) is 17.0. The highest BCUT2D eigenvalue weighted by Crippen LogP contribution is 2.40. The molecule has 1 aliphatic heterocycles. The molecule has 0 saturated heterocycles. The molecule has 0 N–H and O–H groups in total. The Bertz CT molecular complexity index is 1010. The molecule has 5 heteroatoms. The van der Waals surface area contributed by atoms with E-state index in [0.717, 1.165) is 31.7 Å². The lowest BCUT2D eigenvalue weighted by Gasteiger charge is -2.13. The molecule has 1 unspecified atom stereocenters. The number of hydrogen-bond donors (Lipinski definition) is 0. The average molecular weight is 504 g/mol. The summed E-state index contributed by atoms with van der Waals surface area (Å²) >= 11 is 3.69. The second kappa shape index (κ2) is 8.03. The van der Waals surface area contributed by atoms with Crippen molar-refractivity contribution < 1.29 is 26.3 Å². The Labute approximate surface area is 185 Å². The molecule has 146 valence electrons. The fourth-order valence-electron chi connectivity index (χ4n) is 4.65. The molecule has 0 fully saturated rings. The van der Waals surface area contributed by atoms with Gasteiger partial charge in [0.2, 0.25) is 0 Å². The summed E-state index contributed by atoms with van der Waals surface area (Å²) < 4.78 is 11.9. The maximum Gasteiger partial charge on any atom is 0.256 e. The maximum absolute atomic E-state index is 5.84. The second-order valence-electron chi connectivity index (χ2n) is 7.51. The third-order valence-corrected chi connectivity index (χ3v) is 6.76. The van der Waals surface area contributed by atoms with Gasteiger partial charge in [0.15, 0.2) is 0 Å². The number of hydrogen-bond acceptors (Lipinski definition) is 1. The van der Waals surface area contributed by atoms with E-state index < -0.39 is 0 Å². The summed E-state index contributed by atoms with van der Waals surface area (Å²) in [5, 5.41) is 0. The van der Waals surface area contributed by atoms with Crippen LogP contribution in [-0.2, 0) is 25.8 Å². The molecule has 0 amide bonds. The van der Waals surface area contributed by atoms with Gasteiger partial charge >= 0.3 is 0 Å². The molecule has 2 aromatic carbocycles. The smallest absolute Gasteiger partial charge is 0.256 e. The van der Waals surface area contributed by atoms with Gasteiger partial charge in [-0.05, 0) is 36.1 Å². The van der Waals surface area contributed by atoms with E-state index in [1.165, 1.54) is 45.4 Å². The van der Waals surface area contributed by atoms with E-state index in [2.05, 4.69) is 80.8 Å². The van der Waals surface area contributed by atoms with Crippen molar-refractivity contribution in [2.45, 2.75) is 45.2 Å². The van der Waals surface area contributed by atoms with E-state index in [-0.39, 0.29) is 17.0 Å². The Morgan fingerprint density at radius 2 is 2.04 bits per heavy atom. The molecule has 3 aromatic rings. The molecule has 5 rings (SSSR count). The van der Waals surface area contributed by atoms with Crippen molar-refractivity contribution in [3.8, 4) is 5.75 Å². The SMILES string of the molecule is CCc1n(C2CCc3cc4c(cc32)OCC4)cc[n+]1Cc1ccccc1Br.[Br-]. The van der Waals surface area contributed by atoms with Crippen molar-refractivity contribution in [2.75, 3.05) is 6.61 Å². The fourth-order valence-corrected chi connectivity index (χ4v) is 5.06. The van der Waals surface area contributed by atoms with E-state index in [9.17, 15) is 0 Å². The van der Waals surface area contributed by atoms with Crippen LogP contribution >= 0.6 is 15.9 Å². The van der Waals surface area contributed by atoms with E-state index in [4.69, 9.17) is 4.74 Å². The lowest BCUT2D eigenvalue weighted by atomic mass is 10.0. The summed E-state index contributed by atoms with van der Waals surface area (Å²) in [6.07, 6.45) is 8.92. The topological polar surface area (TPSA) is 18.0 Å². The first-order chi connectivity index (χ1) is 13.2. The number of aromatic nitrogens is 2. The monoisotopic (exact) mass is 502 g/mol. The van der Waals surface area contributed by atoms with Crippen LogP contribution in [0.15, 0.2) is 53.3 Å². The molecular weight excluding hydrogens is 480 g/mol. The van der Waals surface area contributed by atoms with Crippen molar-refractivity contribution in [2.24, 2.45) is 0 Å². The molecule has 0 saturated carbocycles. The number of ether oxygens (including phenoxy) is 1. The second-order valence-corrected chi connectivity index (χ2v) is 8.36. The summed E-state index contributed by atoms with van der Waals surface area (Å²) in [5.74, 6) is 2.48. The van der Waals surface area contributed by atoms with Gasteiger partial charge in [0.1, 0.15) is 30.7 Å². The Hall–Kier alpha value is -1.59. The molecule has 0 spiro atoms. The summed E-state index contributed by atoms with van der Waals surface area (Å²) in [6, 6.07) is 13.6. The van der Waals surface area contributed by atoms with Crippen LogP contribution < -0.4 is 26.3 Å². The average Bonchev–Trinajstić information content (AvgIpc) is 3.39. The van der Waals surface area contributed by atoms with Gasteiger partial charge < -0.3 is 21.7 Å². The Kier molecular flexibility index (Phi) is 5.66. The van der Waals surface area contributed by atoms with Gasteiger partial charge in [-0.2, -0.15) is 0 Å². The first kappa shape index (κ1) is 19.7. The predicted molar refractivity (Wildman–Crippen MR) is 109 cm³/mol. The van der Waals surface area contributed by atoms with Crippen LogP contribution in [0.1, 0.15) is 47.5 Å². The van der Waals surface area contributed by atoms with Gasteiger partial charge in [0.05, 0.1) is 6.61 Å². The summed E-state index contributed by atoms with van der Waals surface area (Å²) in [4.78, 5) is 0. The summed E-state index contributed by atoms with van der Waals surface area (Å²) in [6.45, 7) is 3.98. The maximum atomic E-state index is 5.84. The highest BCUT2D eigenvalue weighted by molar-refractivity contribution is 9.10. The van der Waals surface area contributed by atoms with Gasteiger partial charge in [-0.1, -0.05) is 47.1 Å². The molecule has 0 radical (unpaired) electrons. The van der Waals surface area contributed by atoms with Crippen LogP contribution in [0.25, 0.3) is 0 Å². The molecule has 2 heterocycles.